The fourth-order valence-electron chi connectivity index (χ4n) is 1.47. The Morgan fingerprint density at radius 1 is 1.59 bits per heavy atom. The Kier molecular flexibility index (Phi) is 5.59. The highest BCUT2D eigenvalue weighted by Crippen LogP contribution is 2.01. The number of aromatic nitrogens is 1. The van der Waals surface area contributed by atoms with Gasteiger partial charge in [-0.25, -0.2) is 0 Å². The Morgan fingerprint density at radius 3 is 2.88 bits per heavy atom. The molecule has 1 rings (SSSR count). The van der Waals surface area contributed by atoms with Gasteiger partial charge in [-0.05, 0) is 32.0 Å². The van der Waals surface area contributed by atoms with E-state index in [1.165, 1.54) is 0 Å². The molecule has 0 aliphatic rings. The molecule has 5 nitrogen and oxygen atoms in total. The quantitative estimate of drug-likeness (QED) is 0.754. The predicted octanol–water partition coefficient (Wildman–Crippen LogP) is 0.484. The second kappa shape index (κ2) is 6.98. The zero-order valence-electron chi connectivity index (χ0n) is 10.3. The average Bonchev–Trinajstić information content (AvgIpc) is 2.30. The molecule has 1 aromatic heterocycles. The molecular weight excluding hydrogens is 218 g/mol. The summed E-state index contributed by atoms with van der Waals surface area (Å²) in [5.41, 5.74) is 6.91. The van der Waals surface area contributed by atoms with Crippen molar-refractivity contribution in [2.75, 3.05) is 20.3 Å². The first kappa shape index (κ1) is 13.6. The van der Waals surface area contributed by atoms with Crippen molar-refractivity contribution in [3.63, 3.8) is 0 Å². The van der Waals surface area contributed by atoms with Crippen molar-refractivity contribution in [1.82, 2.24) is 10.3 Å². The van der Waals surface area contributed by atoms with Crippen LogP contribution in [-0.2, 0) is 4.74 Å². The highest BCUT2D eigenvalue weighted by atomic mass is 16.5. The van der Waals surface area contributed by atoms with Crippen molar-refractivity contribution < 1.29 is 9.53 Å². The molecule has 17 heavy (non-hydrogen) atoms. The number of hydrogen-bond acceptors (Lipinski definition) is 4. The second-order valence-corrected chi connectivity index (χ2v) is 3.89. The van der Waals surface area contributed by atoms with Crippen LogP contribution in [0.5, 0.6) is 0 Å². The van der Waals surface area contributed by atoms with Crippen LogP contribution in [0.2, 0.25) is 0 Å². The van der Waals surface area contributed by atoms with Gasteiger partial charge in [-0.3, -0.25) is 9.78 Å². The van der Waals surface area contributed by atoms with E-state index in [1.54, 1.807) is 19.4 Å². The van der Waals surface area contributed by atoms with E-state index in [-0.39, 0.29) is 11.9 Å². The lowest BCUT2D eigenvalue weighted by Crippen LogP contribution is -2.39. The third kappa shape index (κ3) is 4.50. The third-order valence-corrected chi connectivity index (χ3v) is 2.39. The normalized spacial score (nSPS) is 12.2. The van der Waals surface area contributed by atoms with Crippen LogP contribution in [0.1, 0.15) is 22.5 Å². The Labute approximate surface area is 101 Å². The van der Waals surface area contributed by atoms with Crippen molar-refractivity contribution >= 4 is 5.91 Å². The van der Waals surface area contributed by atoms with Crippen molar-refractivity contribution in [1.29, 1.82) is 0 Å². The van der Waals surface area contributed by atoms with E-state index in [9.17, 15) is 4.79 Å². The van der Waals surface area contributed by atoms with E-state index >= 15 is 0 Å². The summed E-state index contributed by atoms with van der Waals surface area (Å²) in [7, 11) is 1.60. The molecule has 0 fully saturated rings. The van der Waals surface area contributed by atoms with Gasteiger partial charge in [0.15, 0.2) is 0 Å². The topological polar surface area (TPSA) is 77.2 Å². The highest BCUT2D eigenvalue weighted by molar-refractivity contribution is 5.94. The summed E-state index contributed by atoms with van der Waals surface area (Å²) >= 11 is 0. The number of pyridine rings is 1. The van der Waals surface area contributed by atoms with Gasteiger partial charge < -0.3 is 15.8 Å². The van der Waals surface area contributed by atoms with Crippen LogP contribution in [0, 0.1) is 6.92 Å². The Balaban J connectivity index is 2.60. The van der Waals surface area contributed by atoms with Gasteiger partial charge in [-0.1, -0.05) is 0 Å². The van der Waals surface area contributed by atoms with E-state index in [0.29, 0.717) is 25.1 Å². The molecule has 0 aromatic carbocycles. The van der Waals surface area contributed by atoms with Gasteiger partial charge in [0.2, 0.25) is 0 Å². The Morgan fingerprint density at radius 2 is 2.35 bits per heavy atom. The molecule has 1 heterocycles. The first-order valence-corrected chi connectivity index (χ1v) is 5.60. The fourth-order valence-corrected chi connectivity index (χ4v) is 1.47. The van der Waals surface area contributed by atoms with Gasteiger partial charge in [0.25, 0.3) is 5.91 Å². The number of methoxy groups -OCH3 is 1. The number of hydrogen-bond donors (Lipinski definition) is 2. The molecule has 0 spiro atoms. The van der Waals surface area contributed by atoms with Gasteiger partial charge in [-0.2, -0.15) is 0 Å². The van der Waals surface area contributed by atoms with Crippen LogP contribution in [0.4, 0.5) is 0 Å². The van der Waals surface area contributed by atoms with Gasteiger partial charge in [0, 0.05) is 19.0 Å². The number of carbonyl (C=O) groups excluding carboxylic acids is 1. The molecule has 1 aromatic rings. The number of nitrogens with two attached hydrogens (primary N) is 1. The Bertz CT molecular complexity index is 345. The average molecular weight is 237 g/mol. The van der Waals surface area contributed by atoms with E-state index in [0.717, 1.165) is 5.69 Å². The van der Waals surface area contributed by atoms with Crippen LogP contribution >= 0.6 is 0 Å². The maximum absolute atomic E-state index is 11.9. The van der Waals surface area contributed by atoms with E-state index < -0.39 is 0 Å². The summed E-state index contributed by atoms with van der Waals surface area (Å²) < 4.78 is 5.03. The lowest BCUT2D eigenvalue weighted by Gasteiger charge is -2.16. The van der Waals surface area contributed by atoms with Gasteiger partial charge in [-0.15, -0.1) is 0 Å². The molecule has 0 saturated carbocycles. The molecule has 3 N–H and O–H groups in total. The molecule has 0 bridgehead atoms. The highest BCUT2D eigenvalue weighted by Gasteiger charge is 2.12. The minimum atomic E-state index is -0.145. The summed E-state index contributed by atoms with van der Waals surface area (Å²) in [6.45, 7) is 2.85. The van der Waals surface area contributed by atoms with Crippen LogP contribution in [-0.4, -0.2) is 37.2 Å². The fraction of sp³-hybridized carbons (Fsp3) is 0.500. The van der Waals surface area contributed by atoms with E-state index in [2.05, 4.69) is 10.3 Å². The molecule has 1 amide bonds. The van der Waals surface area contributed by atoms with Crippen molar-refractivity contribution in [2.45, 2.75) is 19.4 Å². The van der Waals surface area contributed by atoms with Gasteiger partial charge in [0.05, 0.1) is 18.2 Å². The minimum absolute atomic E-state index is 0.0567. The first-order chi connectivity index (χ1) is 8.17. The molecule has 1 unspecified atom stereocenters. The molecule has 0 aliphatic heterocycles. The summed E-state index contributed by atoms with van der Waals surface area (Å²) in [6, 6.07) is 3.51. The maximum atomic E-state index is 11.9. The molecule has 5 heteroatoms. The molecule has 1 atom stereocenters. The zero-order valence-corrected chi connectivity index (χ0v) is 10.3. The maximum Gasteiger partial charge on any atom is 0.253 e. The number of rotatable bonds is 6. The number of carbonyl (C=O) groups is 1. The van der Waals surface area contributed by atoms with Gasteiger partial charge in [0.1, 0.15) is 0 Å². The summed E-state index contributed by atoms with van der Waals surface area (Å²) in [4.78, 5) is 16.0. The summed E-state index contributed by atoms with van der Waals surface area (Å²) in [5.74, 6) is -0.145. The minimum Gasteiger partial charge on any atom is -0.383 e. The van der Waals surface area contributed by atoms with Crippen molar-refractivity contribution in [3.8, 4) is 0 Å². The molecule has 0 radical (unpaired) electrons. The predicted molar refractivity (Wildman–Crippen MR) is 65.8 cm³/mol. The monoisotopic (exact) mass is 237 g/mol. The van der Waals surface area contributed by atoms with Crippen LogP contribution < -0.4 is 11.1 Å². The lowest BCUT2D eigenvalue weighted by atomic mass is 10.2. The number of amides is 1. The zero-order chi connectivity index (χ0) is 12.7. The van der Waals surface area contributed by atoms with Gasteiger partial charge >= 0.3 is 0 Å². The van der Waals surface area contributed by atoms with Crippen LogP contribution in [0.25, 0.3) is 0 Å². The van der Waals surface area contributed by atoms with Crippen molar-refractivity contribution in [2.24, 2.45) is 5.73 Å². The van der Waals surface area contributed by atoms with E-state index in [4.69, 9.17) is 10.5 Å². The third-order valence-electron chi connectivity index (χ3n) is 2.39. The molecule has 94 valence electrons. The summed E-state index contributed by atoms with van der Waals surface area (Å²) in [6.07, 6.45) is 2.26. The van der Waals surface area contributed by atoms with Crippen LogP contribution in [0.3, 0.4) is 0 Å². The summed E-state index contributed by atoms with van der Waals surface area (Å²) in [5, 5.41) is 2.87. The number of nitrogens with zero attached hydrogens (tertiary/aromatic N) is 1. The standard InChI is InChI=1S/C12H19N3O2/c1-9-3-4-10(7-14-9)12(16)15-11(5-6-13)8-17-2/h3-4,7,11H,5-6,8,13H2,1-2H3,(H,15,16). The SMILES string of the molecule is COCC(CCN)NC(=O)c1ccc(C)nc1. The largest absolute Gasteiger partial charge is 0.383 e. The number of nitrogens with one attached hydrogen (secondary N) is 1. The number of aryl methyl sites for hydroxylation is 1. The number of ether oxygens (including phenoxy) is 1. The Hall–Kier alpha value is -1.46. The second-order valence-electron chi connectivity index (χ2n) is 3.89. The van der Waals surface area contributed by atoms with E-state index in [1.807, 2.05) is 13.0 Å². The molecule has 0 saturated heterocycles. The van der Waals surface area contributed by atoms with Crippen LogP contribution in [0.15, 0.2) is 18.3 Å². The van der Waals surface area contributed by atoms with Crippen molar-refractivity contribution in [3.05, 3.63) is 29.6 Å². The molecular formula is C12H19N3O2. The molecule has 0 aliphatic carbocycles. The first-order valence-electron chi connectivity index (χ1n) is 5.60. The lowest BCUT2D eigenvalue weighted by molar-refractivity contribution is 0.0893. The smallest absolute Gasteiger partial charge is 0.253 e.